The van der Waals surface area contributed by atoms with E-state index in [1.807, 2.05) is 0 Å². The molecule has 0 aliphatic rings. The van der Waals surface area contributed by atoms with Crippen molar-refractivity contribution in [3.05, 3.63) is 91.6 Å². The molecule has 10 heteroatoms. The summed E-state index contributed by atoms with van der Waals surface area (Å²) in [5, 5.41) is 6.30. The Morgan fingerprint density at radius 2 is 1.80 bits per heavy atom. The molecule has 0 radical (unpaired) electrons. The zero-order valence-electron chi connectivity index (χ0n) is 18.0. The topological polar surface area (TPSA) is 86.7 Å². The van der Waals surface area contributed by atoms with Crippen LogP contribution >= 0.6 is 34.8 Å². The third-order valence-corrected chi connectivity index (χ3v) is 5.84. The van der Waals surface area contributed by atoms with Gasteiger partial charge in [0.15, 0.2) is 11.5 Å². The Hall–Kier alpha value is -3.65. The van der Waals surface area contributed by atoms with E-state index >= 15 is 0 Å². The highest BCUT2D eigenvalue weighted by Gasteiger charge is 2.17. The second kappa shape index (κ2) is 9.19. The van der Waals surface area contributed by atoms with Gasteiger partial charge in [0.25, 0.3) is 5.56 Å². The molecule has 0 aliphatic carbocycles. The number of carbonyl (C=O) groups is 1. The van der Waals surface area contributed by atoms with E-state index in [-0.39, 0.29) is 21.6 Å². The second-order valence-electron chi connectivity index (χ2n) is 7.51. The molecule has 174 valence electrons. The number of fused-ring (bicyclic) bond motifs is 2. The number of halogens is 3. The maximum atomic E-state index is 13.4. The van der Waals surface area contributed by atoms with Crippen LogP contribution in [0.1, 0.15) is 12.5 Å². The molecule has 7 nitrogen and oxygen atoms in total. The first-order valence-electron chi connectivity index (χ1n) is 10.2. The van der Waals surface area contributed by atoms with Crippen molar-refractivity contribution < 1.29 is 13.9 Å². The smallest absolute Gasteiger partial charge is 0.308 e. The second-order valence-corrected chi connectivity index (χ2v) is 8.77. The molecule has 0 spiro atoms. The average molecular weight is 527 g/mol. The number of furan rings is 1. The van der Waals surface area contributed by atoms with E-state index < -0.39 is 11.5 Å². The lowest BCUT2D eigenvalue weighted by Crippen LogP contribution is -2.20. The molecule has 2 heterocycles. The van der Waals surface area contributed by atoms with Gasteiger partial charge in [-0.15, -0.1) is 0 Å². The summed E-state index contributed by atoms with van der Waals surface area (Å²) in [5.74, 6) is 0.0273. The molecule has 0 fully saturated rings. The normalized spacial score (nSPS) is 11.5. The number of carbonyl (C=O) groups excluding carboxylic acids is 1. The van der Waals surface area contributed by atoms with E-state index in [1.54, 1.807) is 48.5 Å². The number of esters is 1. The Kier molecular flexibility index (Phi) is 6.06. The standard InChI is InChI=1S/C25H14Cl3N3O4/c1-13(32)34-23-18(27)8-14(9-19(23)28)12-29-31-24(30-20-5-3-2-4-17(20)25(31)33)22-11-15-10-16(26)6-7-21(15)35-22/h2-12H,1H3. The van der Waals surface area contributed by atoms with Gasteiger partial charge >= 0.3 is 5.97 Å². The molecule has 0 atom stereocenters. The Balaban J connectivity index is 1.67. The van der Waals surface area contributed by atoms with Gasteiger partial charge in [0.05, 0.1) is 27.2 Å². The summed E-state index contributed by atoms with van der Waals surface area (Å²) in [6.45, 7) is 1.24. The third kappa shape index (κ3) is 4.53. The van der Waals surface area contributed by atoms with Crippen LogP contribution in [0.15, 0.2) is 75.0 Å². The van der Waals surface area contributed by atoms with Crippen LogP contribution in [0.25, 0.3) is 33.5 Å². The Morgan fingerprint density at radius 1 is 1.06 bits per heavy atom. The lowest BCUT2D eigenvalue weighted by Gasteiger charge is -2.09. The summed E-state index contributed by atoms with van der Waals surface area (Å²) >= 11 is 18.6. The largest absolute Gasteiger partial charge is 0.453 e. The number of aromatic nitrogens is 2. The van der Waals surface area contributed by atoms with Gasteiger partial charge in [0.1, 0.15) is 5.58 Å². The zero-order chi connectivity index (χ0) is 24.7. The quantitative estimate of drug-likeness (QED) is 0.150. The van der Waals surface area contributed by atoms with E-state index in [0.717, 1.165) is 10.1 Å². The van der Waals surface area contributed by atoms with Crippen LogP contribution in [0.4, 0.5) is 0 Å². The van der Waals surface area contributed by atoms with Gasteiger partial charge in [0, 0.05) is 17.3 Å². The van der Waals surface area contributed by atoms with Crippen molar-refractivity contribution in [2.45, 2.75) is 6.92 Å². The summed E-state index contributed by atoms with van der Waals surface area (Å²) in [6, 6.07) is 16.9. The third-order valence-electron chi connectivity index (χ3n) is 5.04. The Labute approximate surface area is 213 Å². The van der Waals surface area contributed by atoms with Crippen molar-refractivity contribution in [2.75, 3.05) is 0 Å². The highest BCUT2D eigenvalue weighted by Crippen LogP contribution is 2.34. The number of hydrogen-bond donors (Lipinski definition) is 0. The maximum Gasteiger partial charge on any atom is 0.308 e. The highest BCUT2D eigenvalue weighted by molar-refractivity contribution is 6.37. The molecule has 0 N–H and O–H groups in total. The molecule has 0 amide bonds. The lowest BCUT2D eigenvalue weighted by atomic mass is 10.2. The van der Waals surface area contributed by atoms with E-state index in [4.69, 9.17) is 44.0 Å². The molecule has 5 aromatic rings. The number of nitrogens with zero attached hydrogens (tertiary/aromatic N) is 3. The molecule has 3 aromatic carbocycles. The first-order chi connectivity index (χ1) is 16.8. The van der Waals surface area contributed by atoms with Crippen molar-refractivity contribution in [3.63, 3.8) is 0 Å². The van der Waals surface area contributed by atoms with Crippen LogP contribution in [0, 0.1) is 0 Å². The molecular formula is C25H14Cl3N3O4. The maximum absolute atomic E-state index is 13.4. The zero-order valence-corrected chi connectivity index (χ0v) is 20.2. The number of para-hydroxylation sites is 1. The van der Waals surface area contributed by atoms with Gasteiger partial charge in [-0.1, -0.05) is 46.9 Å². The summed E-state index contributed by atoms with van der Waals surface area (Å²) in [7, 11) is 0. The average Bonchev–Trinajstić information content (AvgIpc) is 3.23. The van der Waals surface area contributed by atoms with Crippen LogP contribution < -0.4 is 10.3 Å². The first kappa shape index (κ1) is 23.1. The Bertz CT molecular complexity index is 1700. The lowest BCUT2D eigenvalue weighted by molar-refractivity contribution is -0.131. The first-order valence-corrected chi connectivity index (χ1v) is 11.4. The van der Waals surface area contributed by atoms with Gasteiger partial charge in [-0.3, -0.25) is 9.59 Å². The SMILES string of the molecule is CC(=O)Oc1c(Cl)cc(C=Nn2c(-c3cc4cc(Cl)ccc4o3)nc3ccccc3c2=O)cc1Cl. The summed E-state index contributed by atoms with van der Waals surface area (Å²) in [4.78, 5) is 29.3. The highest BCUT2D eigenvalue weighted by atomic mass is 35.5. The molecule has 0 saturated heterocycles. The van der Waals surface area contributed by atoms with E-state index in [9.17, 15) is 9.59 Å². The predicted molar refractivity (Wildman–Crippen MR) is 137 cm³/mol. The van der Waals surface area contributed by atoms with Crippen molar-refractivity contribution in [1.82, 2.24) is 9.66 Å². The molecular weight excluding hydrogens is 513 g/mol. The van der Waals surface area contributed by atoms with Crippen molar-refractivity contribution in [3.8, 4) is 17.3 Å². The molecule has 35 heavy (non-hydrogen) atoms. The summed E-state index contributed by atoms with van der Waals surface area (Å²) in [5.41, 5.74) is 1.16. The van der Waals surface area contributed by atoms with Crippen LogP contribution in [-0.2, 0) is 4.79 Å². The van der Waals surface area contributed by atoms with Crippen LogP contribution in [0.3, 0.4) is 0 Å². The van der Waals surface area contributed by atoms with Crippen molar-refractivity contribution in [1.29, 1.82) is 0 Å². The minimum atomic E-state index is -0.555. The number of rotatable bonds is 4. The van der Waals surface area contributed by atoms with Gasteiger partial charge in [-0.25, -0.2) is 4.98 Å². The molecule has 0 aliphatic heterocycles. The van der Waals surface area contributed by atoms with E-state index in [1.165, 1.54) is 25.3 Å². The molecule has 0 saturated carbocycles. The van der Waals surface area contributed by atoms with E-state index in [0.29, 0.717) is 32.8 Å². The van der Waals surface area contributed by atoms with Crippen LogP contribution in [-0.4, -0.2) is 21.8 Å². The van der Waals surface area contributed by atoms with Gasteiger partial charge in [-0.2, -0.15) is 9.78 Å². The molecule has 2 aromatic heterocycles. The number of benzene rings is 3. The number of hydrogen-bond acceptors (Lipinski definition) is 6. The van der Waals surface area contributed by atoms with Crippen LogP contribution in [0.2, 0.25) is 15.1 Å². The monoisotopic (exact) mass is 525 g/mol. The fourth-order valence-electron chi connectivity index (χ4n) is 3.53. The van der Waals surface area contributed by atoms with Crippen molar-refractivity contribution >= 4 is 68.9 Å². The molecule has 0 unspecified atom stereocenters. The van der Waals surface area contributed by atoms with E-state index in [2.05, 4.69) is 10.1 Å². The Morgan fingerprint density at radius 3 is 2.54 bits per heavy atom. The fourth-order valence-corrected chi connectivity index (χ4v) is 4.30. The minimum absolute atomic E-state index is 0.0455. The minimum Gasteiger partial charge on any atom is -0.453 e. The fraction of sp³-hybridized carbons (Fsp3) is 0.0400. The predicted octanol–water partition coefficient (Wildman–Crippen LogP) is 6.58. The summed E-state index contributed by atoms with van der Waals surface area (Å²) in [6.07, 6.45) is 1.40. The molecule has 5 rings (SSSR count). The summed E-state index contributed by atoms with van der Waals surface area (Å²) < 4.78 is 12.1. The van der Waals surface area contributed by atoms with Crippen LogP contribution in [0.5, 0.6) is 5.75 Å². The van der Waals surface area contributed by atoms with Gasteiger partial charge in [0.2, 0.25) is 5.82 Å². The number of ether oxygens (including phenoxy) is 1. The molecule has 0 bridgehead atoms. The van der Waals surface area contributed by atoms with Crippen molar-refractivity contribution in [2.24, 2.45) is 5.10 Å². The van der Waals surface area contributed by atoms with Gasteiger partial charge < -0.3 is 9.15 Å². The van der Waals surface area contributed by atoms with Gasteiger partial charge in [-0.05, 0) is 54.1 Å².